The highest BCUT2D eigenvalue weighted by Gasteiger charge is 2.43. The molecule has 3 heteroatoms. The van der Waals surface area contributed by atoms with Gasteiger partial charge in [-0.2, -0.15) is 0 Å². The van der Waals surface area contributed by atoms with E-state index in [0.717, 1.165) is 0 Å². The summed E-state index contributed by atoms with van der Waals surface area (Å²) in [5.41, 5.74) is -0.653. The van der Waals surface area contributed by atoms with Crippen molar-refractivity contribution >= 4 is 5.97 Å². The second-order valence-corrected chi connectivity index (χ2v) is 2.99. The van der Waals surface area contributed by atoms with E-state index in [1.54, 1.807) is 13.8 Å². The number of carboxylic acids is 1. The molecular formula is C7H12O3. The van der Waals surface area contributed by atoms with Crippen molar-refractivity contribution in [3.8, 4) is 0 Å². The van der Waals surface area contributed by atoms with E-state index in [0.29, 0.717) is 13.0 Å². The highest BCUT2D eigenvalue weighted by Crippen LogP contribution is 2.34. The Labute approximate surface area is 60.0 Å². The van der Waals surface area contributed by atoms with Crippen molar-refractivity contribution in [3.05, 3.63) is 0 Å². The first-order valence-corrected chi connectivity index (χ1v) is 3.42. The normalized spacial score (nSPS) is 40.0. The Balaban J connectivity index is 2.75. The maximum absolute atomic E-state index is 10.7. The molecule has 1 aliphatic rings. The van der Waals surface area contributed by atoms with Gasteiger partial charge in [0.15, 0.2) is 0 Å². The number of ether oxygens (including phenoxy) is 1. The van der Waals surface area contributed by atoms with Gasteiger partial charge in [0.25, 0.3) is 0 Å². The Kier molecular flexibility index (Phi) is 1.68. The Morgan fingerprint density at radius 1 is 1.80 bits per heavy atom. The zero-order valence-electron chi connectivity index (χ0n) is 6.26. The quantitative estimate of drug-likeness (QED) is 0.594. The van der Waals surface area contributed by atoms with E-state index in [2.05, 4.69) is 0 Å². The summed E-state index contributed by atoms with van der Waals surface area (Å²) < 4.78 is 5.15. The van der Waals surface area contributed by atoms with E-state index in [9.17, 15) is 4.79 Å². The van der Waals surface area contributed by atoms with Gasteiger partial charge in [-0.1, -0.05) is 0 Å². The first kappa shape index (κ1) is 7.54. The fraction of sp³-hybridized carbons (Fsp3) is 0.857. The summed E-state index contributed by atoms with van der Waals surface area (Å²) >= 11 is 0. The maximum atomic E-state index is 10.7. The number of carboxylic acid groups (broad SMARTS) is 1. The molecule has 1 saturated heterocycles. The van der Waals surface area contributed by atoms with Crippen molar-refractivity contribution in [1.29, 1.82) is 0 Å². The molecule has 1 N–H and O–H groups in total. The lowest BCUT2D eigenvalue weighted by molar-refractivity contribution is -0.150. The maximum Gasteiger partial charge on any atom is 0.312 e. The van der Waals surface area contributed by atoms with Gasteiger partial charge in [-0.15, -0.1) is 0 Å². The predicted molar refractivity (Wildman–Crippen MR) is 35.8 cm³/mol. The molecule has 0 aromatic heterocycles. The van der Waals surface area contributed by atoms with Crippen LogP contribution in [0.25, 0.3) is 0 Å². The molecule has 1 heterocycles. The molecule has 1 aliphatic heterocycles. The summed E-state index contributed by atoms with van der Waals surface area (Å²) in [6.45, 7) is 4.11. The molecule has 0 radical (unpaired) electrons. The lowest BCUT2D eigenvalue weighted by atomic mass is 9.84. The van der Waals surface area contributed by atoms with Crippen LogP contribution in [0.1, 0.15) is 20.3 Å². The van der Waals surface area contributed by atoms with Crippen LogP contribution in [-0.4, -0.2) is 23.8 Å². The molecule has 10 heavy (non-hydrogen) atoms. The van der Waals surface area contributed by atoms with Gasteiger partial charge in [0.2, 0.25) is 0 Å². The average Bonchev–Trinajstić information content (AvgIpc) is 2.15. The van der Waals surface area contributed by atoms with Crippen LogP contribution in [0, 0.1) is 5.41 Å². The second-order valence-electron chi connectivity index (χ2n) is 2.99. The molecule has 0 bridgehead atoms. The minimum absolute atomic E-state index is 0.148. The van der Waals surface area contributed by atoms with Gasteiger partial charge >= 0.3 is 5.97 Å². The van der Waals surface area contributed by atoms with Crippen molar-refractivity contribution in [2.75, 3.05) is 6.61 Å². The predicted octanol–water partition coefficient (Wildman–Crippen LogP) is 0.886. The largest absolute Gasteiger partial charge is 0.481 e. The molecule has 0 aromatic carbocycles. The van der Waals surface area contributed by atoms with Crippen LogP contribution in [0.2, 0.25) is 0 Å². The minimum Gasteiger partial charge on any atom is -0.481 e. The molecule has 1 fully saturated rings. The third-order valence-corrected chi connectivity index (χ3v) is 2.38. The standard InChI is InChI=1S/C7H12O3/c1-5-7(2,6(8)9)3-4-10-5/h5H,3-4H2,1-2H3,(H,8,9)/t5-,7-/m1/s1. The van der Waals surface area contributed by atoms with Crippen molar-refractivity contribution in [2.24, 2.45) is 5.41 Å². The molecule has 0 aliphatic carbocycles. The molecule has 0 amide bonds. The lowest BCUT2D eigenvalue weighted by Crippen LogP contribution is -2.33. The summed E-state index contributed by atoms with van der Waals surface area (Å²) in [7, 11) is 0. The van der Waals surface area contributed by atoms with Crippen molar-refractivity contribution < 1.29 is 14.6 Å². The van der Waals surface area contributed by atoms with Crippen LogP contribution in [-0.2, 0) is 9.53 Å². The molecular weight excluding hydrogens is 132 g/mol. The summed E-state index contributed by atoms with van der Waals surface area (Å²) in [5, 5.41) is 8.76. The zero-order chi connectivity index (χ0) is 7.78. The van der Waals surface area contributed by atoms with E-state index >= 15 is 0 Å². The van der Waals surface area contributed by atoms with Gasteiger partial charge in [-0.3, -0.25) is 4.79 Å². The van der Waals surface area contributed by atoms with Gasteiger partial charge in [0, 0.05) is 6.61 Å². The molecule has 0 unspecified atom stereocenters. The van der Waals surface area contributed by atoms with Crippen LogP contribution in [0.15, 0.2) is 0 Å². The first-order chi connectivity index (χ1) is 4.57. The van der Waals surface area contributed by atoms with Crippen molar-refractivity contribution in [2.45, 2.75) is 26.4 Å². The van der Waals surface area contributed by atoms with E-state index in [4.69, 9.17) is 9.84 Å². The van der Waals surface area contributed by atoms with E-state index in [1.807, 2.05) is 0 Å². The van der Waals surface area contributed by atoms with Crippen molar-refractivity contribution in [1.82, 2.24) is 0 Å². The van der Waals surface area contributed by atoms with Gasteiger partial charge in [0.1, 0.15) is 0 Å². The number of carbonyl (C=O) groups is 1. The minimum atomic E-state index is -0.752. The molecule has 3 nitrogen and oxygen atoms in total. The zero-order valence-corrected chi connectivity index (χ0v) is 6.26. The Bertz CT molecular complexity index is 155. The van der Waals surface area contributed by atoms with Crippen LogP contribution in [0.5, 0.6) is 0 Å². The summed E-state index contributed by atoms with van der Waals surface area (Å²) in [6, 6.07) is 0. The van der Waals surface area contributed by atoms with E-state index in [-0.39, 0.29) is 6.10 Å². The van der Waals surface area contributed by atoms with Crippen LogP contribution < -0.4 is 0 Å². The fourth-order valence-corrected chi connectivity index (χ4v) is 1.12. The molecule has 58 valence electrons. The fourth-order valence-electron chi connectivity index (χ4n) is 1.12. The van der Waals surface area contributed by atoms with Crippen LogP contribution >= 0.6 is 0 Å². The summed E-state index contributed by atoms with van der Waals surface area (Å²) in [4.78, 5) is 10.7. The number of aliphatic carboxylic acids is 1. The molecule has 1 rings (SSSR count). The topological polar surface area (TPSA) is 46.5 Å². The van der Waals surface area contributed by atoms with Gasteiger partial charge in [0.05, 0.1) is 11.5 Å². The second kappa shape index (κ2) is 2.23. The van der Waals surface area contributed by atoms with Gasteiger partial charge in [-0.05, 0) is 20.3 Å². The SMILES string of the molecule is C[C@H]1OCC[C@@]1(C)C(=O)O. The molecule has 0 spiro atoms. The van der Waals surface area contributed by atoms with E-state index < -0.39 is 11.4 Å². The highest BCUT2D eigenvalue weighted by molar-refractivity contribution is 5.75. The van der Waals surface area contributed by atoms with E-state index in [1.165, 1.54) is 0 Å². The highest BCUT2D eigenvalue weighted by atomic mass is 16.5. The number of rotatable bonds is 1. The van der Waals surface area contributed by atoms with Crippen LogP contribution in [0.3, 0.4) is 0 Å². The first-order valence-electron chi connectivity index (χ1n) is 3.42. The monoisotopic (exact) mass is 144 g/mol. The average molecular weight is 144 g/mol. The number of hydrogen-bond donors (Lipinski definition) is 1. The summed E-state index contributed by atoms with van der Waals surface area (Å²) in [6.07, 6.45) is 0.480. The smallest absolute Gasteiger partial charge is 0.312 e. The van der Waals surface area contributed by atoms with Gasteiger partial charge in [-0.25, -0.2) is 0 Å². The van der Waals surface area contributed by atoms with Crippen LogP contribution in [0.4, 0.5) is 0 Å². The Morgan fingerprint density at radius 2 is 2.40 bits per heavy atom. The van der Waals surface area contributed by atoms with Gasteiger partial charge < -0.3 is 9.84 Å². The molecule has 0 aromatic rings. The Morgan fingerprint density at radius 3 is 2.60 bits per heavy atom. The van der Waals surface area contributed by atoms with Crippen molar-refractivity contribution in [3.63, 3.8) is 0 Å². The third-order valence-electron chi connectivity index (χ3n) is 2.38. The Hall–Kier alpha value is -0.570. The summed E-state index contributed by atoms with van der Waals surface area (Å²) in [5.74, 6) is -0.752. The third kappa shape index (κ3) is 0.904. The molecule has 0 saturated carbocycles. The molecule has 2 atom stereocenters. The lowest BCUT2D eigenvalue weighted by Gasteiger charge is -2.21. The number of hydrogen-bond acceptors (Lipinski definition) is 2.